The highest BCUT2D eigenvalue weighted by Gasteiger charge is 2.44. The van der Waals surface area contributed by atoms with E-state index in [4.69, 9.17) is 39.5 Å². The minimum absolute atomic E-state index is 0.0368. The smallest absolute Gasteiger partial charge is 0.164 e. The van der Waals surface area contributed by atoms with E-state index in [1.807, 2.05) is 0 Å². The Labute approximate surface area is 152 Å². The Morgan fingerprint density at radius 1 is 1.17 bits per heavy atom. The van der Waals surface area contributed by atoms with Gasteiger partial charge in [-0.3, -0.25) is 0 Å². The van der Waals surface area contributed by atoms with Gasteiger partial charge in [0.1, 0.15) is 29.8 Å². The van der Waals surface area contributed by atoms with Crippen molar-refractivity contribution >= 4 is 52.0 Å². The normalized spacial score (nSPS) is 27.1. The van der Waals surface area contributed by atoms with Gasteiger partial charge in [-0.2, -0.15) is 0 Å². The van der Waals surface area contributed by atoms with Gasteiger partial charge in [-0.25, -0.2) is 0 Å². The van der Waals surface area contributed by atoms with Crippen LogP contribution in [0.1, 0.15) is 11.8 Å². The molecule has 3 N–H and O–H groups in total. The third-order valence-electron chi connectivity index (χ3n) is 4.14. The van der Waals surface area contributed by atoms with Gasteiger partial charge in [-0.1, -0.05) is 34.8 Å². The summed E-state index contributed by atoms with van der Waals surface area (Å²) in [5.74, 6) is 0. The van der Waals surface area contributed by atoms with Crippen LogP contribution in [0.5, 0.6) is 0 Å². The van der Waals surface area contributed by atoms with Crippen LogP contribution in [0.25, 0.3) is 10.9 Å². The molecule has 24 heavy (non-hydrogen) atoms. The molecule has 0 bridgehead atoms. The lowest BCUT2D eigenvalue weighted by atomic mass is 10.1. The first-order valence-corrected chi connectivity index (χ1v) is 8.27. The van der Waals surface area contributed by atoms with E-state index in [1.165, 1.54) is 4.57 Å². The molecule has 0 radical (unpaired) electrons. The Bertz CT molecular complexity index is 793. The van der Waals surface area contributed by atoms with Gasteiger partial charge in [-0.05, 0) is 12.1 Å². The van der Waals surface area contributed by atoms with Gasteiger partial charge < -0.3 is 29.4 Å². The van der Waals surface area contributed by atoms with E-state index < -0.39 is 31.1 Å². The van der Waals surface area contributed by atoms with E-state index in [2.05, 4.69) is 0 Å². The maximum Gasteiger partial charge on any atom is 0.164 e. The van der Waals surface area contributed by atoms with Crippen LogP contribution < -0.4 is 0 Å². The zero-order valence-corrected chi connectivity index (χ0v) is 14.5. The molecule has 2 unspecified atom stereocenters. The molecule has 2 aromatic rings. The number of nitrogens with zero attached hydrogens (tertiary/aromatic N) is 1. The molecule has 0 saturated carbocycles. The van der Waals surface area contributed by atoms with Crippen molar-refractivity contribution in [3.63, 3.8) is 0 Å². The second-order valence-corrected chi connectivity index (χ2v) is 6.69. The monoisotopic (exact) mass is 393 g/mol. The highest BCUT2D eigenvalue weighted by atomic mass is 35.5. The van der Waals surface area contributed by atoms with E-state index >= 15 is 0 Å². The minimum atomic E-state index is -1.31. The number of benzene rings is 1. The topological polar surface area (TPSA) is 91.9 Å². The third kappa shape index (κ3) is 2.72. The van der Waals surface area contributed by atoms with Crippen molar-refractivity contribution in [2.75, 3.05) is 6.61 Å². The maximum atomic E-state index is 11.0. The summed E-state index contributed by atoms with van der Waals surface area (Å²) in [6.07, 6.45) is -3.83. The molecule has 1 saturated heterocycles. The van der Waals surface area contributed by atoms with Crippen molar-refractivity contribution in [1.29, 1.82) is 0 Å². The van der Waals surface area contributed by atoms with Crippen LogP contribution in [-0.2, 0) is 16.0 Å². The molecule has 1 aliphatic heterocycles. The lowest BCUT2D eigenvalue weighted by Crippen LogP contribution is -2.33. The van der Waals surface area contributed by atoms with Gasteiger partial charge in [-0.15, -0.1) is 0 Å². The molecule has 3 rings (SSSR count). The lowest BCUT2D eigenvalue weighted by Gasteiger charge is -2.19. The van der Waals surface area contributed by atoms with Crippen LogP contribution in [0.2, 0.25) is 15.2 Å². The number of ether oxygens (including phenoxy) is 1. The number of aliphatic hydroxyl groups excluding tert-OH is 3. The predicted molar refractivity (Wildman–Crippen MR) is 89.7 cm³/mol. The van der Waals surface area contributed by atoms with E-state index in [9.17, 15) is 20.1 Å². The second-order valence-electron chi connectivity index (χ2n) is 5.52. The van der Waals surface area contributed by atoms with Crippen molar-refractivity contribution in [2.24, 2.45) is 0 Å². The number of aliphatic hydroxyl groups is 3. The summed E-state index contributed by atoms with van der Waals surface area (Å²) in [7, 11) is 0. The zero-order valence-electron chi connectivity index (χ0n) is 12.2. The van der Waals surface area contributed by atoms with Gasteiger partial charge in [0.2, 0.25) is 0 Å². The zero-order chi connectivity index (χ0) is 17.6. The molecular weight excluding hydrogens is 381 g/mol. The predicted octanol–water partition coefficient (Wildman–Crippen LogP) is 1.95. The molecule has 0 aliphatic carbocycles. The van der Waals surface area contributed by atoms with Crippen LogP contribution in [-0.4, -0.2) is 51.1 Å². The van der Waals surface area contributed by atoms with Crippen LogP contribution in [0.3, 0.4) is 0 Å². The van der Waals surface area contributed by atoms with Crippen molar-refractivity contribution < 1.29 is 24.9 Å². The molecule has 9 heteroatoms. The number of carbonyl (C=O) groups excluding carboxylic acids is 1. The quantitative estimate of drug-likeness (QED) is 0.690. The molecule has 130 valence electrons. The Kier molecular flexibility index (Phi) is 5.09. The van der Waals surface area contributed by atoms with Crippen molar-refractivity contribution in [3.8, 4) is 0 Å². The van der Waals surface area contributed by atoms with E-state index in [1.54, 1.807) is 12.1 Å². The maximum absolute atomic E-state index is 11.0. The van der Waals surface area contributed by atoms with Gasteiger partial charge in [0.05, 0.1) is 22.2 Å². The first-order valence-electron chi connectivity index (χ1n) is 7.14. The number of hydrogen-bond acceptors (Lipinski definition) is 5. The fourth-order valence-electron chi connectivity index (χ4n) is 2.96. The number of carbonyl (C=O) groups is 1. The molecule has 2 heterocycles. The van der Waals surface area contributed by atoms with Crippen molar-refractivity contribution in [2.45, 2.75) is 31.0 Å². The largest absolute Gasteiger partial charge is 0.394 e. The van der Waals surface area contributed by atoms with Gasteiger partial charge in [0, 0.05) is 17.4 Å². The highest BCUT2D eigenvalue weighted by molar-refractivity contribution is 6.43. The number of halogens is 3. The molecule has 0 spiro atoms. The van der Waals surface area contributed by atoms with Crippen molar-refractivity contribution in [3.05, 3.63) is 32.9 Å². The van der Waals surface area contributed by atoms with E-state index in [0.717, 1.165) is 0 Å². The summed E-state index contributed by atoms with van der Waals surface area (Å²) in [5, 5.41) is 30.8. The van der Waals surface area contributed by atoms with Crippen LogP contribution in [0.4, 0.5) is 0 Å². The summed E-state index contributed by atoms with van der Waals surface area (Å²) < 4.78 is 6.98. The Morgan fingerprint density at radius 2 is 1.83 bits per heavy atom. The summed E-state index contributed by atoms with van der Waals surface area (Å²) in [6, 6.07) is 3.13. The highest BCUT2D eigenvalue weighted by Crippen LogP contribution is 2.41. The third-order valence-corrected chi connectivity index (χ3v) is 5.28. The number of rotatable bonds is 4. The van der Waals surface area contributed by atoms with Crippen LogP contribution >= 0.6 is 34.8 Å². The van der Waals surface area contributed by atoms with E-state index in [-0.39, 0.29) is 16.6 Å². The molecular formula is C15H14Cl3NO5. The summed E-state index contributed by atoms with van der Waals surface area (Å²) in [5.41, 5.74) is 1.01. The fourth-order valence-corrected chi connectivity index (χ4v) is 3.65. The molecule has 1 aromatic carbocycles. The van der Waals surface area contributed by atoms with Crippen molar-refractivity contribution in [1.82, 2.24) is 4.57 Å². The molecule has 1 aliphatic rings. The van der Waals surface area contributed by atoms with E-state index in [0.29, 0.717) is 27.8 Å². The first-order chi connectivity index (χ1) is 11.4. The SMILES string of the molecule is O=CCc1c(Cl)n([C@@H]2O[C@H](CO)C(O)C2O)c2cc(Cl)c(Cl)cc12. The van der Waals surface area contributed by atoms with Gasteiger partial charge >= 0.3 is 0 Å². The molecule has 4 atom stereocenters. The summed E-state index contributed by atoms with van der Waals surface area (Å²) >= 11 is 18.5. The number of aldehydes is 1. The molecule has 1 fully saturated rings. The standard InChI is InChI=1S/C15H14Cl3NO5/c16-8-3-7-6(1-2-20)14(18)19(10(7)4-9(8)17)15-13(23)12(22)11(5-21)24-15/h2-4,11-13,15,21-23H,1,5H2/t11-,12?,13?,15-/m1/s1. The second kappa shape index (κ2) is 6.80. The average molecular weight is 395 g/mol. The van der Waals surface area contributed by atoms with Crippen LogP contribution in [0.15, 0.2) is 12.1 Å². The number of fused-ring (bicyclic) bond motifs is 1. The Balaban J connectivity index is 2.22. The van der Waals surface area contributed by atoms with Gasteiger partial charge in [0.25, 0.3) is 0 Å². The summed E-state index contributed by atoms with van der Waals surface area (Å²) in [4.78, 5) is 11.0. The van der Waals surface area contributed by atoms with Gasteiger partial charge in [0.15, 0.2) is 6.23 Å². The fraction of sp³-hybridized carbons (Fsp3) is 0.400. The van der Waals surface area contributed by atoms with Crippen LogP contribution in [0, 0.1) is 0 Å². The Hall–Kier alpha value is -0.860. The minimum Gasteiger partial charge on any atom is -0.394 e. The number of aromatic nitrogens is 1. The average Bonchev–Trinajstić information content (AvgIpc) is 2.97. The molecule has 6 nitrogen and oxygen atoms in total. The Morgan fingerprint density at radius 3 is 2.42 bits per heavy atom. The molecule has 1 aromatic heterocycles. The number of hydrogen-bond donors (Lipinski definition) is 3. The lowest BCUT2D eigenvalue weighted by molar-refractivity contribution is -0.107. The first kappa shape index (κ1) is 17.9. The molecule has 0 amide bonds. The summed E-state index contributed by atoms with van der Waals surface area (Å²) in [6.45, 7) is -0.459.